The summed E-state index contributed by atoms with van der Waals surface area (Å²) < 4.78 is 1.65. The first-order valence-electron chi connectivity index (χ1n) is 8.12. The first-order chi connectivity index (χ1) is 12.9. The van der Waals surface area contributed by atoms with Crippen molar-refractivity contribution in [2.45, 2.75) is 17.3 Å². The third kappa shape index (κ3) is 4.69. The topological polar surface area (TPSA) is 90.0 Å². The Kier molecular flexibility index (Phi) is 5.83. The maximum atomic E-state index is 12.5. The van der Waals surface area contributed by atoms with Crippen LogP contribution in [0.5, 0.6) is 0 Å². The quantitative estimate of drug-likeness (QED) is 0.504. The molecule has 8 heteroatoms. The van der Waals surface area contributed by atoms with Crippen LogP contribution in [0.2, 0.25) is 5.02 Å². The van der Waals surface area contributed by atoms with Gasteiger partial charge in [0.1, 0.15) is 5.82 Å². The van der Waals surface area contributed by atoms with E-state index in [0.29, 0.717) is 15.9 Å². The van der Waals surface area contributed by atoms with Crippen molar-refractivity contribution < 1.29 is 4.79 Å². The van der Waals surface area contributed by atoms with Crippen molar-refractivity contribution in [3.8, 4) is 5.69 Å². The number of nitrogen functional groups attached to an aromatic ring is 1. The highest BCUT2D eigenvalue weighted by atomic mass is 35.5. The fourth-order valence-electron chi connectivity index (χ4n) is 2.38. The number of hydrogen-bond donors (Lipinski definition) is 2. The van der Waals surface area contributed by atoms with E-state index < -0.39 is 10.8 Å². The van der Waals surface area contributed by atoms with Crippen molar-refractivity contribution in [1.29, 1.82) is 0 Å². The van der Waals surface area contributed by atoms with Crippen molar-refractivity contribution in [2.75, 3.05) is 11.1 Å². The molecule has 138 valence electrons. The van der Waals surface area contributed by atoms with Gasteiger partial charge in [-0.1, -0.05) is 41.6 Å². The van der Waals surface area contributed by atoms with Crippen molar-refractivity contribution in [3.63, 3.8) is 0 Å². The van der Waals surface area contributed by atoms with Crippen LogP contribution in [-0.2, 0) is 4.79 Å². The predicted molar refractivity (Wildman–Crippen MR) is 110 cm³/mol. The molecule has 0 aliphatic rings. The Bertz CT molecular complexity index is 1010. The summed E-state index contributed by atoms with van der Waals surface area (Å²) in [7, 11) is 0. The van der Waals surface area contributed by atoms with Gasteiger partial charge in [0.15, 0.2) is 5.16 Å². The molecule has 1 amide bonds. The van der Waals surface area contributed by atoms with Crippen LogP contribution in [0.1, 0.15) is 6.92 Å². The van der Waals surface area contributed by atoms with Crippen LogP contribution in [0.3, 0.4) is 0 Å². The molecule has 0 spiro atoms. The number of carbonyl (C=O) groups is 1. The van der Waals surface area contributed by atoms with Gasteiger partial charge < -0.3 is 11.1 Å². The normalized spacial score (nSPS) is 11.8. The minimum Gasteiger partial charge on any atom is -0.385 e. The zero-order valence-electron chi connectivity index (χ0n) is 14.4. The van der Waals surface area contributed by atoms with Crippen molar-refractivity contribution >= 4 is 40.8 Å². The van der Waals surface area contributed by atoms with Crippen molar-refractivity contribution in [3.05, 3.63) is 76.0 Å². The lowest BCUT2D eigenvalue weighted by Gasteiger charge is -2.17. The monoisotopic (exact) mass is 400 g/mol. The number of benzene rings is 2. The van der Waals surface area contributed by atoms with E-state index in [4.69, 9.17) is 17.3 Å². The SMILES string of the molecule is C[C@@H](Sc1nc(=O)cc(N)n1-c1ccccc1)C(=O)Nc1ccc(Cl)cc1. The smallest absolute Gasteiger partial charge is 0.275 e. The zero-order valence-corrected chi connectivity index (χ0v) is 16.0. The number of amides is 1. The van der Waals surface area contributed by atoms with Crippen LogP contribution in [0.4, 0.5) is 11.5 Å². The molecule has 0 bridgehead atoms. The second kappa shape index (κ2) is 8.28. The molecule has 0 fully saturated rings. The van der Waals surface area contributed by atoms with Crippen molar-refractivity contribution in [2.24, 2.45) is 0 Å². The Morgan fingerprint density at radius 2 is 1.85 bits per heavy atom. The van der Waals surface area contributed by atoms with Gasteiger partial charge in [0.2, 0.25) is 5.91 Å². The van der Waals surface area contributed by atoms with E-state index in [9.17, 15) is 9.59 Å². The summed E-state index contributed by atoms with van der Waals surface area (Å²) in [5.74, 6) is 0.0348. The zero-order chi connectivity index (χ0) is 19.4. The van der Waals surface area contributed by atoms with Gasteiger partial charge in [-0.25, -0.2) is 0 Å². The van der Waals surface area contributed by atoms with Crippen molar-refractivity contribution in [1.82, 2.24) is 9.55 Å². The van der Waals surface area contributed by atoms with Gasteiger partial charge in [0, 0.05) is 22.5 Å². The molecular weight excluding hydrogens is 384 g/mol. The highest BCUT2D eigenvalue weighted by molar-refractivity contribution is 8.00. The fourth-order valence-corrected chi connectivity index (χ4v) is 3.45. The summed E-state index contributed by atoms with van der Waals surface area (Å²) in [6.45, 7) is 1.74. The molecule has 0 unspecified atom stereocenters. The minimum atomic E-state index is -0.510. The molecular formula is C19H17ClN4O2S. The third-order valence-electron chi connectivity index (χ3n) is 3.70. The first-order valence-corrected chi connectivity index (χ1v) is 9.38. The van der Waals surface area contributed by atoms with E-state index in [-0.39, 0.29) is 11.7 Å². The molecule has 0 aliphatic carbocycles. The number of rotatable bonds is 5. The average molecular weight is 401 g/mol. The molecule has 6 nitrogen and oxygen atoms in total. The predicted octanol–water partition coefficient (Wildman–Crippen LogP) is 3.59. The fraction of sp³-hybridized carbons (Fsp3) is 0.105. The molecule has 1 atom stereocenters. The number of halogens is 1. The second-order valence-electron chi connectivity index (χ2n) is 5.73. The largest absolute Gasteiger partial charge is 0.385 e. The van der Waals surface area contributed by atoms with Gasteiger partial charge in [-0.05, 0) is 43.3 Å². The number of hydrogen-bond acceptors (Lipinski definition) is 5. The Labute approximate surface area is 165 Å². The van der Waals surface area contributed by atoms with Crippen LogP contribution in [0, 0.1) is 0 Å². The minimum absolute atomic E-state index is 0.224. The Morgan fingerprint density at radius 3 is 2.52 bits per heavy atom. The molecule has 0 saturated carbocycles. The van der Waals surface area contributed by atoms with E-state index in [1.165, 1.54) is 6.07 Å². The number of nitrogens with zero attached hydrogens (tertiary/aromatic N) is 2. The maximum absolute atomic E-state index is 12.5. The second-order valence-corrected chi connectivity index (χ2v) is 7.47. The van der Waals surface area contributed by atoms with E-state index in [1.807, 2.05) is 30.3 Å². The standard InChI is InChI=1S/C19H17ClN4O2S/c1-12(18(26)22-14-9-7-13(20)8-10-14)27-19-23-17(25)11-16(21)24(19)15-5-3-2-4-6-15/h2-12H,21H2,1H3,(H,22,26)/t12-/m1/s1. The number of carbonyl (C=O) groups excluding carboxylic acids is 1. The molecule has 2 aromatic carbocycles. The molecule has 27 heavy (non-hydrogen) atoms. The number of nitrogens with two attached hydrogens (primary N) is 1. The number of thioether (sulfide) groups is 1. The van der Waals surface area contributed by atoms with Crippen LogP contribution in [0.25, 0.3) is 5.69 Å². The molecule has 3 N–H and O–H groups in total. The lowest BCUT2D eigenvalue weighted by molar-refractivity contribution is -0.115. The molecule has 3 aromatic rings. The van der Waals surface area contributed by atoms with Crippen LogP contribution < -0.4 is 16.6 Å². The number of para-hydroxylation sites is 1. The Morgan fingerprint density at radius 1 is 1.19 bits per heavy atom. The van der Waals surface area contributed by atoms with Gasteiger partial charge in [-0.15, -0.1) is 0 Å². The first kappa shape index (κ1) is 19.0. The van der Waals surface area contributed by atoms with Crippen LogP contribution in [-0.4, -0.2) is 20.7 Å². The summed E-state index contributed by atoms with van der Waals surface area (Å²) in [6, 6.07) is 17.4. The summed E-state index contributed by atoms with van der Waals surface area (Å²) in [4.78, 5) is 28.4. The third-order valence-corrected chi connectivity index (χ3v) is 5.01. The highest BCUT2D eigenvalue weighted by Gasteiger charge is 2.19. The van der Waals surface area contributed by atoms with Crippen LogP contribution >= 0.6 is 23.4 Å². The molecule has 3 rings (SSSR count). The van der Waals surface area contributed by atoms with Gasteiger partial charge in [0.25, 0.3) is 5.56 Å². The summed E-state index contributed by atoms with van der Waals surface area (Å²) >= 11 is 7.01. The average Bonchev–Trinajstić information content (AvgIpc) is 2.64. The lowest BCUT2D eigenvalue weighted by atomic mass is 10.3. The number of aromatic nitrogens is 2. The summed E-state index contributed by atoms with van der Waals surface area (Å²) in [5.41, 5.74) is 6.99. The lowest BCUT2D eigenvalue weighted by Crippen LogP contribution is -2.24. The van der Waals surface area contributed by atoms with E-state index in [2.05, 4.69) is 10.3 Å². The van der Waals surface area contributed by atoms with Gasteiger partial charge in [-0.3, -0.25) is 14.2 Å². The molecule has 1 heterocycles. The van der Waals surface area contributed by atoms with Gasteiger partial charge in [0.05, 0.1) is 5.25 Å². The van der Waals surface area contributed by atoms with E-state index in [1.54, 1.807) is 35.8 Å². The highest BCUT2D eigenvalue weighted by Crippen LogP contribution is 2.26. The van der Waals surface area contributed by atoms with Crippen LogP contribution in [0.15, 0.2) is 70.6 Å². The molecule has 0 aliphatic heterocycles. The Balaban J connectivity index is 1.85. The number of nitrogens with one attached hydrogen (secondary N) is 1. The molecule has 1 aromatic heterocycles. The maximum Gasteiger partial charge on any atom is 0.275 e. The van der Waals surface area contributed by atoms with E-state index >= 15 is 0 Å². The molecule has 0 saturated heterocycles. The van der Waals surface area contributed by atoms with Gasteiger partial charge >= 0.3 is 0 Å². The summed E-state index contributed by atoms with van der Waals surface area (Å²) in [5, 5.41) is 3.24. The summed E-state index contributed by atoms with van der Waals surface area (Å²) in [6.07, 6.45) is 0. The van der Waals surface area contributed by atoms with E-state index in [0.717, 1.165) is 17.4 Å². The number of anilines is 2. The van der Waals surface area contributed by atoms with Gasteiger partial charge in [-0.2, -0.15) is 4.98 Å². The molecule has 0 radical (unpaired) electrons. The Hall–Kier alpha value is -2.77.